The van der Waals surface area contributed by atoms with Crippen molar-refractivity contribution < 1.29 is 9.26 Å². The first-order valence-electron chi connectivity index (χ1n) is 6.23. The van der Waals surface area contributed by atoms with Crippen LogP contribution in [0.15, 0.2) is 28.8 Å². The highest BCUT2D eigenvalue weighted by atomic mass is 35.5. The lowest BCUT2D eigenvalue weighted by Gasteiger charge is -2.21. The van der Waals surface area contributed by atoms with Gasteiger partial charge in [0.05, 0.1) is 24.2 Å². The van der Waals surface area contributed by atoms with Crippen LogP contribution in [0, 0.1) is 0 Å². The molecule has 2 heterocycles. The van der Waals surface area contributed by atoms with E-state index in [0.29, 0.717) is 23.2 Å². The van der Waals surface area contributed by atoms with Crippen LogP contribution < -0.4 is 5.32 Å². The molecule has 20 heavy (non-hydrogen) atoms. The maximum Gasteiger partial charge on any atom is 0.229 e. The lowest BCUT2D eigenvalue weighted by Crippen LogP contribution is -2.39. The maximum absolute atomic E-state index is 6.10. The number of rotatable bonds is 3. The van der Waals surface area contributed by atoms with Crippen molar-refractivity contribution >= 4 is 24.0 Å². The third-order valence-electron chi connectivity index (χ3n) is 2.99. The van der Waals surface area contributed by atoms with E-state index < -0.39 is 0 Å². The molecule has 1 aliphatic heterocycles. The van der Waals surface area contributed by atoms with Crippen LogP contribution in [-0.4, -0.2) is 35.9 Å². The van der Waals surface area contributed by atoms with Gasteiger partial charge < -0.3 is 14.6 Å². The van der Waals surface area contributed by atoms with Gasteiger partial charge in [-0.25, -0.2) is 0 Å². The Hall–Kier alpha value is -1.14. The van der Waals surface area contributed by atoms with Crippen molar-refractivity contribution in [1.82, 2.24) is 15.5 Å². The number of ether oxygens (including phenoxy) is 1. The molecule has 0 amide bonds. The molecular formula is C13H15Cl2N3O2. The van der Waals surface area contributed by atoms with E-state index in [9.17, 15) is 0 Å². The highest BCUT2D eigenvalue weighted by Gasteiger charge is 2.18. The normalized spacial score (nSPS) is 18.6. The quantitative estimate of drug-likeness (QED) is 0.942. The molecular weight excluding hydrogens is 301 g/mol. The fourth-order valence-corrected chi connectivity index (χ4v) is 2.26. The third kappa shape index (κ3) is 3.49. The fourth-order valence-electron chi connectivity index (χ4n) is 2.04. The second-order valence-corrected chi connectivity index (χ2v) is 4.80. The van der Waals surface area contributed by atoms with E-state index >= 15 is 0 Å². The van der Waals surface area contributed by atoms with Gasteiger partial charge >= 0.3 is 0 Å². The van der Waals surface area contributed by atoms with Gasteiger partial charge in [0, 0.05) is 18.7 Å². The average molecular weight is 316 g/mol. The number of aromatic nitrogens is 2. The van der Waals surface area contributed by atoms with Crippen LogP contribution in [0.3, 0.4) is 0 Å². The summed E-state index contributed by atoms with van der Waals surface area (Å²) in [7, 11) is 0. The molecule has 1 aromatic heterocycles. The predicted octanol–water partition coefficient (Wildman–Crippen LogP) is 2.34. The molecule has 1 aliphatic rings. The van der Waals surface area contributed by atoms with Gasteiger partial charge in [0.1, 0.15) is 0 Å². The first-order valence-corrected chi connectivity index (χ1v) is 6.60. The van der Waals surface area contributed by atoms with E-state index in [2.05, 4.69) is 15.5 Å². The van der Waals surface area contributed by atoms with Gasteiger partial charge in [-0.1, -0.05) is 28.9 Å². The summed E-state index contributed by atoms with van der Waals surface area (Å²) in [5.41, 5.74) is 0.779. The van der Waals surface area contributed by atoms with Gasteiger partial charge in [-0.3, -0.25) is 0 Å². The molecule has 1 saturated heterocycles. The van der Waals surface area contributed by atoms with E-state index in [0.717, 1.165) is 25.3 Å². The minimum absolute atomic E-state index is 0. The standard InChI is InChI=1S/C13H14ClN3O2.ClH/c14-11-4-2-1-3-10(11)13-16-12(19-17-13)7-9-8-15-5-6-18-9;/h1-4,9,15H,5-8H2;1H. The average Bonchev–Trinajstić information content (AvgIpc) is 2.89. The van der Waals surface area contributed by atoms with Gasteiger partial charge in [0.15, 0.2) is 0 Å². The van der Waals surface area contributed by atoms with Crippen molar-refractivity contribution in [1.29, 1.82) is 0 Å². The predicted molar refractivity (Wildman–Crippen MR) is 78.3 cm³/mol. The molecule has 7 heteroatoms. The zero-order valence-electron chi connectivity index (χ0n) is 10.7. The summed E-state index contributed by atoms with van der Waals surface area (Å²) in [6.07, 6.45) is 0.707. The van der Waals surface area contributed by atoms with E-state index in [4.69, 9.17) is 20.9 Å². The first-order chi connectivity index (χ1) is 9.33. The zero-order chi connectivity index (χ0) is 13.1. The Morgan fingerprint density at radius 3 is 2.95 bits per heavy atom. The molecule has 3 rings (SSSR count). The molecule has 1 aromatic carbocycles. The lowest BCUT2D eigenvalue weighted by atomic mass is 10.2. The van der Waals surface area contributed by atoms with Crippen LogP contribution in [0.4, 0.5) is 0 Å². The summed E-state index contributed by atoms with van der Waals surface area (Å²) >= 11 is 6.10. The smallest absolute Gasteiger partial charge is 0.229 e. The molecule has 1 unspecified atom stereocenters. The second-order valence-electron chi connectivity index (χ2n) is 4.39. The summed E-state index contributed by atoms with van der Waals surface area (Å²) in [6, 6.07) is 7.44. The summed E-state index contributed by atoms with van der Waals surface area (Å²) in [6.45, 7) is 2.42. The first kappa shape index (κ1) is 15.3. The molecule has 108 valence electrons. The molecule has 0 bridgehead atoms. The summed E-state index contributed by atoms with van der Waals surface area (Å²) in [5, 5.41) is 7.85. The highest BCUT2D eigenvalue weighted by molar-refractivity contribution is 6.33. The maximum atomic E-state index is 6.10. The Kier molecular flexibility index (Phi) is 5.37. The summed E-state index contributed by atoms with van der Waals surface area (Å²) in [4.78, 5) is 4.37. The molecule has 5 nitrogen and oxygen atoms in total. The zero-order valence-corrected chi connectivity index (χ0v) is 12.3. The number of morpholine rings is 1. The van der Waals surface area contributed by atoms with Gasteiger partial charge in [0.25, 0.3) is 0 Å². The van der Waals surface area contributed by atoms with Crippen molar-refractivity contribution in [3.8, 4) is 11.4 Å². The fraction of sp³-hybridized carbons (Fsp3) is 0.385. The van der Waals surface area contributed by atoms with Crippen molar-refractivity contribution in [2.24, 2.45) is 0 Å². The van der Waals surface area contributed by atoms with E-state index in [1.165, 1.54) is 0 Å². The number of nitrogens with one attached hydrogen (secondary N) is 1. The molecule has 0 spiro atoms. The Balaban J connectivity index is 0.00000147. The van der Waals surface area contributed by atoms with Crippen molar-refractivity contribution in [3.05, 3.63) is 35.2 Å². The number of hydrogen-bond acceptors (Lipinski definition) is 5. The van der Waals surface area contributed by atoms with E-state index in [1.807, 2.05) is 18.2 Å². The van der Waals surface area contributed by atoms with Gasteiger partial charge in [-0.2, -0.15) is 4.98 Å². The van der Waals surface area contributed by atoms with Crippen LogP contribution in [-0.2, 0) is 11.2 Å². The number of halogens is 2. The Bertz CT molecular complexity index is 556. The lowest BCUT2D eigenvalue weighted by molar-refractivity contribution is 0.0246. The van der Waals surface area contributed by atoms with Crippen LogP contribution in [0.1, 0.15) is 5.89 Å². The molecule has 0 saturated carbocycles. The van der Waals surface area contributed by atoms with Crippen molar-refractivity contribution in [3.63, 3.8) is 0 Å². The van der Waals surface area contributed by atoms with Crippen molar-refractivity contribution in [2.45, 2.75) is 12.5 Å². The van der Waals surface area contributed by atoms with Crippen LogP contribution in [0.25, 0.3) is 11.4 Å². The van der Waals surface area contributed by atoms with E-state index in [-0.39, 0.29) is 18.5 Å². The second kappa shape index (κ2) is 7.04. The van der Waals surface area contributed by atoms with Crippen molar-refractivity contribution in [2.75, 3.05) is 19.7 Å². The number of nitrogens with zero attached hydrogens (tertiary/aromatic N) is 2. The molecule has 0 radical (unpaired) electrons. The Morgan fingerprint density at radius 2 is 2.20 bits per heavy atom. The summed E-state index contributed by atoms with van der Waals surface area (Å²) < 4.78 is 10.9. The molecule has 0 aliphatic carbocycles. The van der Waals surface area contributed by atoms with Gasteiger partial charge in [-0.05, 0) is 12.1 Å². The largest absolute Gasteiger partial charge is 0.375 e. The molecule has 2 aromatic rings. The highest BCUT2D eigenvalue weighted by Crippen LogP contribution is 2.25. The van der Waals surface area contributed by atoms with Crippen LogP contribution >= 0.6 is 24.0 Å². The minimum Gasteiger partial charge on any atom is -0.375 e. The summed E-state index contributed by atoms with van der Waals surface area (Å²) in [5.74, 6) is 1.09. The molecule has 1 fully saturated rings. The Labute approximate surface area is 128 Å². The topological polar surface area (TPSA) is 60.2 Å². The Morgan fingerprint density at radius 1 is 1.35 bits per heavy atom. The van der Waals surface area contributed by atoms with Gasteiger partial charge in [-0.15, -0.1) is 12.4 Å². The SMILES string of the molecule is Cl.Clc1ccccc1-c1noc(CC2CNCCO2)n1. The van der Waals surface area contributed by atoms with Gasteiger partial charge in [0.2, 0.25) is 11.7 Å². The monoisotopic (exact) mass is 315 g/mol. The number of benzene rings is 1. The third-order valence-corrected chi connectivity index (χ3v) is 3.32. The molecule has 1 atom stereocenters. The number of hydrogen-bond donors (Lipinski definition) is 1. The van der Waals surface area contributed by atoms with Crippen LogP contribution in [0.5, 0.6) is 0 Å². The van der Waals surface area contributed by atoms with Crippen LogP contribution in [0.2, 0.25) is 5.02 Å². The van der Waals surface area contributed by atoms with E-state index in [1.54, 1.807) is 6.07 Å². The minimum atomic E-state index is 0. The molecule has 1 N–H and O–H groups in total.